The number of benzene rings is 3. The molecule has 0 spiro atoms. The molecular formula is C25H27FN3O2+. The van der Waals surface area contributed by atoms with Crippen LogP contribution in [0.2, 0.25) is 0 Å². The number of amides is 1. The van der Waals surface area contributed by atoms with Gasteiger partial charge >= 0.3 is 0 Å². The third-order valence-electron chi connectivity index (χ3n) is 5.74. The van der Waals surface area contributed by atoms with Crippen LogP contribution in [0.25, 0.3) is 0 Å². The number of hydrogen-bond acceptors (Lipinski definition) is 3. The Balaban J connectivity index is 1.50. The zero-order chi connectivity index (χ0) is 21.6. The molecular weight excluding hydrogens is 393 g/mol. The summed E-state index contributed by atoms with van der Waals surface area (Å²) in [5.74, 6) is 0.438. The van der Waals surface area contributed by atoms with Crippen molar-refractivity contribution in [2.75, 3.05) is 43.5 Å². The minimum Gasteiger partial charge on any atom is -0.497 e. The van der Waals surface area contributed by atoms with E-state index in [1.807, 2.05) is 48.5 Å². The van der Waals surface area contributed by atoms with E-state index in [0.717, 1.165) is 43.2 Å². The van der Waals surface area contributed by atoms with Crippen LogP contribution in [0.3, 0.4) is 0 Å². The van der Waals surface area contributed by atoms with Gasteiger partial charge in [-0.15, -0.1) is 0 Å². The first-order chi connectivity index (χ1) is 15.1. The molecule has 1 fully saturated rings. The van der Waals surface area contributed by atoms with Crippen LogP contribution >= 0.6 is 0 Å². The van der Waals surface area contributed by atoms with Gasteiger partial charge in [-0.05, 0) is 36.4 Å². The number of carbonyl (C=O) groups excluding carboxylic acids is 1. The highest BCUT2D eigenvalue weighted by Crippen LogP contribution is 2.21. The average Bonchev–Trinajstić information content (AvgIpc) is 2.82. The van der Waals surface area contributed by atoms with Gasteiger partial charge in [0.25, 0.3) is 5.91 Å². The summed E-state index contributed by atoms with van der Waals surface area (Å²) in [6.07, 6.45) is 0. The lowest BCUT2D eigenvalue weighted by Gasteiger charge is -2.37. The predicted molar refractivity (Wildman–Crippen MR) is 120 cm³/mol. The molecule has 0 aliphatic carbocycles. The third kappa shape index (κ3) is 5.03. The minimum absolute atomic E-state index is 0.0809. The number of rotatable bonds is 6. The van der Waals surface area contributed by atoms with E-state index in [0.29, 0.717) is 5.69 Å². The maximum absolute atomic E-state index is 13.3. The van der Waals surface area contributed by atoms with Crippen LogP contribution in [0.5, 0.6) is 5.75 Å². The van der Waals surface area contributed by atoms with Crippen LogP contribution in [0.4, 0.5) is 15.8 Å². The fourth-order valence-electron chi connectivity index (χ4n) is 4.11. The van der Waals surface area contributed by atoms with Crippen LogP contribution in [0.15, 0.2) is 78.9 Å². The molecule has 0 saturated carbocycles. The van der Waals surface area contributed by atoms with Crippen LogP contribution < -0.4 is 19.9 Å². The number of piperazine rings is 1. The molecule has 1 aliphatic heterocycles. The van der Waals surface area contributed by atoms with Gasteiger partial charge in [-0.25, -0.2) is 4.39 Å². The van der Waals surface area contributed by atoms with Crippen molar-refractivity contribution >= 4 is 17.3 Å². The largest absolute Gasteiger partial charge is 0.497 e. The Morgan fingerprint density at radius 3 is 2.39 bits per heavy atom. The average molecular weight is 421 g/mol. The number of nitrogens with one attached hydrogen (secondary N) is 2. The molecule has 1 saturated heterocycles. The number of hydrogen-bond donors (Lipinski definition) is 2. The molecule has 31 heavy (non-hydrogen) atoms. The van der Waals surface area contributed by atoms with E-state index >= 15 is 0 Å². The van der Waals surface area contributed by atoms with E-state index in [9.17, 15) is 9.18 Å². The lowest BCUT2D eigenvalue weighted by atomic mass is 10.0. The second-order valence-electron chi connectivity index (χ2n) is 7.69. The van der Waals surface area contributed by atoms with E-state index in [1.54, 1.807) is 19.2 Å². The SMILES string of the molecule is COc1cccc(N2CC[NH+]([C@H](C(=O)Nc3ccc(F)cc3)c3ccccc3)CC2)c1. The predicted octanol–water partition coefficient (Wildman–Crippen LogP) is 2.92. The summed E-state index contributed by atoms with van der Waals surface area (Å²) in [6.45, 7) is 3.34. The number of halogens is 1. The standard InChI is InChI=1S/C25H26FN3O2/c1-31-23-9-5-8-22(18-23)28-14-16-29(17-15-28)24(19-6-3-2-4-7-19)25(30)27-21-12-10-20(26)11-13-21/h2-13,18,24H,14-17H2,1H3,(H,27,30)/p+1/t24-/m0/s1. The van der Waals surface area contributed by atoms with Crippen molar-refractivity contribution in [3.05, 3.63) is 90.2 Å². The van der Waals surface area contributed by atoms with Gasteiger partial charge in [0.05, 0.1) is 33.3 Å². The molecule has 5 nitrogen and oxygen atoms in total. The quantitative estimate of drug-likeness (QED) is 0.645. The molecule has 1 amide bonds. The Morgan fingerprint density at radius 2 is 1.71 bits per heavy atom. The highest BCUT2D eigenvalue weighted by Gasteiger charge is 2.34. The second-order valence-corrected chi connectivity index (χ2v) is 7.69. The molecule has 0 bridgehead atoms. The molecule has 0 unspecified atom stereocenters. The van der Waals surface area contributed by atoms with Gasteiger partial charge in [0, 0.05) is 23.0 Å². The highest BCUT2D eigenvalue weighted by molar-refractivity contribution is 5.94. The van der Waals surface area contributed by atoms with Crippen LogP contribution in [-0.2, 0) is 4.79 Å². The molecule has 1 heterocycles. The van der Waals surface area contributed by atoms with E-state index in [2.05, 4.69) is 16.3 Å². The first kappa shape index (κ1) is 20.9. The molecule has 4 rings (SSSR count). The summed E-state index contributed by atoms with van der Waals surface area (Å²) >= 11 is 0. The summed E-state index contributed by atoms with van der Waals surface area (Å²) in [7, 11) is 1.67. The Kier molecular flexibility index (Phi) is 6.48. The Bertz CT molecular complexity index is 1000. The van der Waals surface area contributed by atoms with Gasteiger partial charge in [0.15, 0.2) is 6.04 Å². The van der Waals surface area contributed by atoms with Gasteiger partial charge in [0.1, 0.15) is 11.6 Å². The maximum atomic E-state index is 13.3. The molecule has 1 atom stereocenters. The van der Waals surface area contributed by atoms with E-state index in [4.69, 9.17) is 4.74 Å². The van der Waals surface area contributed by atoms with Crippen molar-refractivity contribution in [3.63, 3.8) is 0 Å². The summed E-state index contributed by atoms with van der Waals surface area (Å²) in [6, 6.07) is 23.5. The number of ether oxygens (including phenoxy) is 1. The molecule has 0 radical (unpaired) electrons. The summed E-state index contributed by atoms with van der Waals surface area (Å²) in [5, 5.41) is 2.97. The smallest absolute Gasteiger partial charge is 0.287 e. The maximum Gasteiger partial charge on any atom is 0.287 e. The molecule has 0 aromatic heterocycles. The fourth-order valence-corrected chi connectivity index (χ4v) is 4.11. The monoisotopic (exact) mass is 420 g/mol. The van der Waals surface area contributed by atoms with Gasteiger partial charge in [0.2, 0.25) is 0 Å². The van der Waals surface area contributed by atoms with Gasteiger partial charge in [-0.1, -0.05) is 36.4 Å². The van der Waals surface area contributed by atoms with Crippen molar-refractivity contribution in [1.29, 1.82) is 0 Å². The van der Waals surface area contributed by atoms with Crippen molar-refractivity contribution in [2.24, 2.45) is 0 Å². The molecule has 3 aromatic carbocycles. The first-order valence-electron chi connectivity index (χ1n) is 10.5. The molecule has 3 aromatic rings. The summed E-state index contributed by atoms with van der Waals surface area (Å²) in [4.78, 5) is 16.8. The van der Waals surface area contributed by atoms with Gasteiger partial charge in [-0.2, -0.15) is 0 Å². The zero-order valence-electron chi connectivity index (χ0n) is 17.6. The zero-order valence-corrected chi connectivity index (χ0v) is 17.6. The van der Waals surface area contributed by atoms with E-state index < -0.39 is 0 Å². The summed E-state index contributed by atoms with van der Waals surface area (Å²) in [5.41, 5.74) is 2.71. The van der Waals surface area contributed by atoms with Crippen molar-refractivity contribution in [2.45, 2.75) is 6.04 Å². The van der Waals surface area contributed by atoms with Crippen molar-refractivity contribution in [3.8, 4) is 5.75 Å². The van der Waals surface area contributed by atoms with Crippen LogP contribution in [0, 0.1) is 5.82 Å². The number of anilines is 2. The first-order valence-corrected chi connectivity index (χ1v) is 10.5. The molecule has 160 valence electrons. The topological polar surface area (TPSA) is 46.0 Å². The fraction of sp³-hybridized carbons (Fsp3) is 0.240. The Labute approximate surface area is 182 Å². The summed E-state index contributed by atoms with van der Waals surface area (Å²) < 4.78 is 18.6. The highest BCUT2D eigenvalue weighted by atomic mass is 19.1. The van der Waals surface area contributed by atoms with E-state index in [1.165, 1.54) is 17.0 Å². The number of methoxy groups -OCH3 is 1. The molecule has 6 heteroatoms. The normalized spacial score (nSPS) is 15.4. The number of nitrogens with zero attached hydrogens (tertiary/aromatic N) is 1. The third-order valence-corrected chi connectivity index (χ3v) is 5.74. The molecule has 2 N–H and O–H groups in total. The van der Waals surface area contributed by atoms with Crippen molar-refractivity contribution in [1.82, 2.24) is 0 Å². The lowest BCUT2D eigenvalue weighted by Crippen LogP contribution is -3.16. The minimum atomic E-state index is -0.335. The van der Waals surface area contributed by atoms with Crippen molar-refractivity contribution < 1.29 is 18.8 Å². The second kappa shape index (κ2) is 9.62. The lowest BCUT2D eigenvalue weighted by molar-refractivity contribution is -0.922. The Hall–Kier alpha value is -3.38. The van der Waals surface area contributed by atoms with Gasteiger partial charge < -0.3 is 19.9 Å². The number of carbonyl (C=O) groups is 1. The molecule has 1 aliphatic rings. The Morgan fingerprint density at radius 1 is 1.00 bits per heavy atom. The van der Waals surface area contributed by atoms with Gasteiger partial charge in [-0.3, -0.25) is 4.79 Å². The van der Waals surface area contributed by atoms with E-state index in [-0.39, 0.29) is 17.8 Å². The van der Waals surface area contributed by atoms with Crippen LogP contribution in [-0.4, -0.2) is 39.2 Å². The van der Waals surface area contributed by atoms with Crippen LogP contribution in [0.1, 0.15) is 11.6 Å². The number of quaternary nitrogens is 1.